The number of rotatable bonds is 6. The lowest BCUT2D eigenvalue weighted by Gasteiger charge is -2.05. The fraction of sp³-hybridized carbons (Fsp3) is 0.273. The normalized spacial score (nSPS) is 10.5. The fourth-order valence-corrected chi connectivity index (χ4v) is 1.29. The molecule has 1 rings (SSSR count). The second-order valence-corrected chi connectivity index (χ2v) is 3.44. The summed E-state index contributed by atoms with van der Waals surface area (Å²) >= 11 is 0. The van der Waals surface area contributed by atoms with Crippen molar-refractivity contribution < 1.29 is 14.8 Å². The minimum absolute atomic E-state index is 0.0782. The van der Waals surface area contributed by atoms with Gasteiger partial charge in [-0.2, -0.15) is 0 Å². The van der Waals surface area contributed by atoms with Crippen molar-refractivity contribution in [1.29, 1.82) is 0 Å². The standard InChI is InChI=1S/C11H13N3O4/c1-2-3-4-5-12-10-9(14(17)18)6-8(7-13-10)11(15)16/h2-3,6-7H,4-5H2,1H3,(H,12,13)(H,15,16)/b3-2+. The van der Waals surface area contributed by atoms with Crippen molar-refractivity contribution in [2.75, 3.05) is 11.9 Å². The van der Waals surface area contributed by atoms with Gasteiger partial charge in [-0.1, -0.05) is 12.2 Å². The topological polar surface area (TPSA) is 105 Å². The molecule has 1 aromatic heterocycles. The van der Waals surface area contributed by atoms with Crippen LogP contribution in [-0.4, -0.2) is 27.5 Å². The zero-order valence-electron chi connectivity index (χ0n) is 9.79. The van der Waals surface area contributed by atoms with Crippen molar-refractivity contribution in [2.45, 2.75) is 13.3 Å². The Morgan fingerprint density at radius 2 is 2.39 bits per heavy atom. The first-order valence-electron chi connectivity index (χ1n) is 5.29. The quantitative estimate of drug-likeness (QED) is 0.347. The summed E-state index contributed by atoms with van der Waals surface area (Å²) in [6, 6.07) is 0.993. The predicted molar refractivity (Wildman–Crippen MR) is 65.8 cm³/mol. The van der Waals surface area contributed by atoms with Crippen LogP contribution >= 0.6 is 0 Å². The number of nitro groups is 1. The monoisotopic (exact) mass is 251 g/mol. The molecule has 1 aromatic rings. The molecule has 7 heteroatoms. The Balaban J connectivity index is 2.90. The molecule has 0 amide bonds. The first-order chi connectivity index (χ1) is 8.56. The van der Waals surface area contributed by atoms with E-state index < -0.39 is 10.9 Å². The molecule has 0 atom stereocenters. The summed E-state index contributed by atoms with van der Waals surface area (Å²) in [5, 5.41) is 22.3. The van der Waals surface area contributed by atoms with Gasteiger partial charge < -0.3 is 10.4 Å². The van der Waals surface area contributed by atoms with Gasteiger partial charge in [-0.15, -0.1) is 0 Å². The van der Waals surface area contributed by atoms with Crippen LogP contribution in [0.2, 0.25) is 0 Å². The zero-order valence-corrected chi connectivity index (χ0v) is 9.79. The van der Waals surface area contributed by atoms with E-state index in [1.54, 1.807) is 0 Å². The van der Waals surface area contributed by atoms with E-state index in [1.807, 2.05) is 19.1 Å². The molecule has 0 fully saturated rings. The molecule has 18 heavy (non-hydrogen) atoms. The molecular formula is C11H13N3O4. The van der Waals surface area contributed by atoms with Crippen molar-refractivity contribution in [2.24, 2.45) is 0 Å². The van der Waals surface area contributed by atoms with Gasteiger partial charge in [0.2, 0.25) is 5.82 Å². The summed E-state index contributed by atoms with van der Waals surface area (Å²) < 4.78 is 0. The molecule has 0 aromatic carbocycles. The van der Waals surface area contributed by atoms with Crippen LogP contribution in [0.3, 0.4) is 0 Å². The Morgan fingerprint density at radius 3 is 2.94 bits per heavy atom. The zero-order chi connectivity index (χ0) is 13.5. The Morgan fingerprint density at radius 1 is 1.67 bits per heavy atom. The average Bonchev–Trinajstić information content (AvgIpc) is 2.34. The van der Waals surface area contributed by atoms with Crippen LogP contribution in [0.25, 0.3) is 0 Å². The molecular weight excluding hydrogens is 238 g/mol. The summed E-state index contributed by atoms with van der Waals surface area (Å²) in [6.07, 6.45) is 5.57. The first-order valence-corrected chi connectivity index (χ1v) is 5.29. The Bertz CT molecular complexity index is 485. The Hall–Kier alpha value is -2.44. The highest BCUT2D eigenvalue weighted by molar-refractivity contribution is 5.88. The molecule has 0 bridgehead atoms. The maximum absolute atomic E-state index is 10.8. The number of carboxylic acids is 1. The predicted octanol–water partition coefficient (Wildman–Crippen LogP) is 2.07. The molecule has 0 aliphatic heterocycles. The summed E-state index contributed by atoms with van der Waals surface area (Å²) in [7, 11) is 0. The lowest BCUT2D eigenvalue weighted by atomic mass is 10.2. The second kappa shape index (κ2) is 6.33. The van der Waals surface area contributed by atoms with E-state index in [0.717, 1.165) is 12.3 Å². The molecule has 0 aliphatic rings. The first kappa shape index (κ1) is 13.6. The number of nitrogens with zero attached hydrogens (tertiary/aromatic N) is 2. The van der Waals surface area contributed by atoms with Gasteiger partial charge in [0.05, 0.1) is 10.5 Å². The van der Waals surface area contributed by atoms with Gasteiger partial charge in [0, 0.05) is 18.8 Å². The highest BCUT2D eigenvalue weighted by Gasteiger charge is 2.18. The number of carboxylic acid groups (broad SMARTS) is 1. The highest BCUT2D eigenvalue weighted by atomic mass is 16.6. The molecule has 0 saturated carbocycles. The van der Waals surface area contributed by atoms with E-state index in [4.69, 9.17) is 5.11 Å². The number of anilines is 1. The average molecular weight is 251 g/mol. The summed E-state index contributed by atoms with van der Waals surface area (Å²) in [5.41, 5.74) is -0.545. The van der Waals surface area contributed by atoms with Gasteiger partial charge in [0.1, 0.15) is 0 Å². The molecule has 0 radical (unpaired) electrons. The smallest absolute Gasteiger partial charge is 0.337 e. The van der Waals surface area contributed by atoms with E-state index in [-0.39, 0.29) is 17.1 Å². The van der Waals surface area contributed by atoms with Crippen molar-refractivity contribution in [3.05, 3.63) is 40.1 Å². The van der Waals surface area contributed by atoms with E-state index >= 15 is 0 Å². The largest absolute Gasteiger partial charge is 0.478 e. The van der Waals surface area contributed by atoms with Gasteiger partial charge >= 0.3 is 11.7 Å². The van der Waals surface area contributed by atoms with Crippen LogP contribution in [0.1, 0.15) is 23.7 Å². The second-order valence-electron chi connectivity index (χ2n) is 3.44. The molecule has 2 N–H and O–H groups in total. The molecule has 0 spiro atoms. The number of aromatic nitrogens is 1. The van der Waals surface area contributed by atoms with Gasteiger partial charge in [-0.05, 0) is 13.3 Å². The molecule has 0 unspecified atom stereocenters. The molecule has 96 valence electrons. The van der Waals surface area contributed by atoms with Crippen molar-refractivity contribution in [3.63, 3.8) is 0 Å². The lowest BCUT2D eigenvalue weighted by molar-refractivity contribution is -0.384. The molecule has 0 saturated heterocycles. The SMILES string of the molecule is C/C=C/CCNc1ncc(C(=O)O)cc1[N+](=O)[O-]. The summed E-state index contributed by atoms with van der Waals surface area (Å²) in [5.74, 6) is -1.17. The Kier molecular flexibility index (Phi) is 4.79. The van der Waals surface area contributed by atoms with Crippen LogP contribution in [0, 0.1) is 10.1 Å². The number of nitrogens with one attached hydrogen (secondary N) is 1. The van der Waals surface area contributed by atoms with Crippen LogP contribution in [0.5, 0.6) is 0 Å². The third-order valence-corrected chi connectivity index (χ3v) is 2.15. The van der Waals surface area contributed by atoms with Crippen molar-refractivity contribution in [3.8, 4) is 0 Å². The number of hydrogen-bond acceptors (Lipinski definition) is 5. The maximum Gasteiger partial charge on any atom is 0.337 e. The van der Waals surface area contributed by atoms with E-state index in [0.29, 0.717) is 13.0 Å². The lowest BCUT2D eigenvalue weighted by Crippen LogP contribution is -2.07. The van der Waals surface area contributed by atoms with Crippen LogP contribution < -0.4 is 5.32 Å². The van der Waals surface area contributed by atoms with Gasteiger partial charge in [0.25, 0.3) is 0 Å². The van der Waals surface area contributed by atoms with Crippen LogP contribution in [0.15, 0.2) is 24.4 Å². The van der Waals surface area contributed by atoms with E-state index in [9.17, 15) is 14.9 Å². The Labute approximate surface area is 103 Å². The van der Waals surface area contributed by atoms with Crippen molar-refractivity contribution in [1.82, 2.24) is 4.98 Å². The third-order valence-electron chi connectivity index (χ3n) is 2.15. The highest BCUT2D eigenvalue weighted by Crippen LogP contribution is 2.22. The number of hydrogen-bond donors (Lipinski definition) is 2. The van der Waals surface area contributed by atoms with Gasteiger partial charge in [-0.3, -0.25) is 10.1 Å². The third kappa shape index (κ3) is 3.55. The number of aromatic carboxylic acids is 1. The summed E-state index contributed by atoms with van der Waals surface area (Å²) in [6.45, 7) is 2.37. The maximum atomic E-state index is 10.8. The molecule has 0 aliphatic carbocycles. The van der Waals surface area contributed by atoms with Crippen molar-refractivity contribution >= 4 is 17.5 Å². The van der Waals surface area contributed by atoms with Gasteiger partial charge in [0.15, 0.2) is 0 Å². The summed E-state index contributed by atoms with van der Waals surface area (Å²) in [4.78, 5) is 24.6. The minimum Gasteiger partial charge on any atom is -0.478 e. The number of carbonyl (C=O) groups is 1. The van der Waals surface area contributed by atoms with E-state index in [2.05, 4.69) is 10.3 Å². The van der Waals surface area contributed by atoms with Gasteiger partial charge in [-0.25, -0.2) is 9.78 Å². The fourth-order valence-electron chi connectivity index (χ4n) is 1.29. The van der Waals surface area contributed by atoms with Crippen LogP contribution in [-0.2, 0) is 0 Å². The molecule has 1 heterocycles. The number of pyridine rings is 1. The van der Waals surface area contributed by atoms with E-state index in [1.165, 1.54) is 0 Å². The van der Waals surface area contributed by atoms with Crippen LogP contribution in [0.4, 0.5) is 11.5 Å². The molecule has 7 nitrogen and oxygen atoms in total. The number of allylic oxidation sites excluding steroid dienone is 1. The minimum atomic E-state index is -1.24.